The third kappa shape index (κ3) is 6.61. The van der Waals surface area contributed by atoms with E-state index in [-0.39, 0.29) is 48.8 Å². The van der Waals surface area contributed by atoms with Gasteiger partial charge in [0.05, 0.1) is 37.1 Å². The van der Waals surface area contributed by atoms with Crippen molar-refractivity contribution < 1.29 is 32.5 Å². The first kappa shape index (κ1) is 26.1. The van der Waals surface area contributed by atoms with Crippen LogP contribution in [-0.4, -0.2) is 68.4 Å². The minimum atomic E-state index is -3.85. The molecule has 2 heterocycles. The lowest BCUT2D eigenvalue weighted by molar-refractivity contribution is -0.147. The summed E-state index contributed by atoms with van der Waals surface area (Å²) in [6.07, 6.45) is 7.11. The molecule has 10 nitrogen and oxygen atoms in total. The lowest BCUT2D eigenvalue weighted by atomic mass is 9.96. The summed E-state index contributed by atoms with van der Waals surface area (Å²) in [5.41, 5.74) is 0.557. The molecule has 0 bridgehead atoms. The van der Waals surface area contributed by atoms with Gasteiger partial charge in [-0.1, -0.05) is 0 Å². The predicted octanol–water partition coefficient (Wildman–Crippen LogP) is 2.38. The van der Waals surface area contributed by atoms with E-state index in [1.165, 1.54) is 23.5 Å². The number of hydrogen-bond donors (Lipinski definition) is 2. The van der Waals surface area contributed by atoms with E-state index in [1.807, 2.05) is 6.08 Å². The molecule has 2 atom stereocenters. The van der Waals surface area contributed by atoms with Crippen LogP contribution in [0.4, 0.5) is 5.69 Å². The van der Waals surface area contributed by atoms with E-state index < -0.39 is 16.3 Å². The Labute approximate surface area is 210 Å². The van der Waals surface area contributed by atoms with Crippen molar-refractivity contribution in [1.29, 1.82) is 0 Å². The number of allylic oxidation sites excluding steroid dienone is 1. The van der Waals surface area contributed by atoms with Gasteiger partial charge in [0, 0.05) is 25.7 Å². The number of benzene rings is 1. The van der Waals surface area contributed by atoms with E-state index in [2.05, 4.69) is 10.3 Å². The smallest absolute Gasteiger partial charge is 0.290 e. The molecular weight excluding hydrogens is 486 g/mol. The Bertz CT molecular complexity index is 1150. The molecule has 2 aromatic rings. The van der Waals surface area contributed by atoms with Crippen LogP contribution in [0, 0.1) is 11.8 Å². The quantitative estimate of drug-likeness (QED) is 0.439. The van der Waals surface area contributed by atoms with E-state index in [9.17, 15) is 18.3 Å². The molecule has 11 heteroatoms. The molecule has 0 spiro atoms. The van der Waals surface area contributed by atoms with E-state index in [0.717, 1.165) is 12.8 Å². The number of aliphatic hydroxyl groups excluding tert-OH is 1. The first-order chi connectivity index (χ1) is 17.4. The van der Waals surface area contributed by atoms with Crippen LogP contribution in [0.5, 0.6) is 5.75 Å². The first-order valence-electron chi connectivity index (χ1n) is 11.9. The fourth-order valence-corrected chi connectivity index (χ4v) is 5.49. The fourth-order valence-electron chi connectivity index (χ4n) is 4.07. The van der Waals surface area contributed by atoms with Crippen LogP contribution in [0.1, 0.15) is 19.3 Å². The van der Waals surface area contributed by atoms with Gasteiger partial charge in [-0.15, -0.1) is 0 Å². The number of hydrogen-bond acceptors (Lipinski definition) is 8. The highest BCUT2D eigenvalue weighted by Crippen LogP contribution is 2.42. The number of pyridine rings is 1. The maximum Gasteiger partial charge on any atom is 0.290 e. The normalized spacial score (nSPS) is 19.9. The van der Waals surface area contributed by atoms with Crippen molar-refractivity contribution in [3.8, 4) is 5.75 Å². The van der Waals surface area contributed by atoms with Gasteiger partial charge in [-0.25, -0.2) is 8.42 Å². The zero-order valence-electron chi connectivity index (χ0n) is 20.1. The number of sulfonamides is 1. The summed E-state index contributed by atoms with van der Waals surface area (Å²) in [6, 6.07) is 9.52. The van der Waals surface area contributed by atoms with Crippen LogP contribution < -0.4 is 10.1 Å². The van der Waals surface area contributed by atoms with Crippen LogP contribution >= 0.6 is 0 Å². The summed E-state index contributed by atoms with van der Waals surface area (Å²) in [4.78, 5) is 16.9. The van der Waals surface area contributed by atoms with Gasteiger partial charge in [0.15, 0.2) is 5.76 Å². The number of ether oxygens (including phenoxy) is 3. The monoisotopic (exact) mass is 517 g/mol. The SMILES string of the molecule is COc1ccc(S(=O)(=O)N(CCO)CCO[C@H]2C[C@@H](C3CC3)C=C(C(=O)Nc3cccnc3)O2)cc1. The molecule has 2 N–H and O–H groups in total. The van der Waals surface area contributed by atoms with Gasteiger partial charge in [0.2, 0.25) is 16.3 Å². The van der Waals surface area contributed by atoms with Crippen molar-refractivity contribution >= 4 is 21.6 Å². The minimum Gasteiger partial charge on any atom is -0.497 e. The summed E-state index contributed by atoms with van der Waals surface area (Å²) < 4.78 is 44.2. The van der Waals surface area contributed by atoms with Gasteiger partial charge in [-0.2, -0.15) is 4.31 Å². The first-order valence-corrected chi connectivity index (χ1v) is 13.3. The second-order valence-electron chi connectivity index (χ2n) is 8.69. The van der Waals surface area contributed by atoms with E-state index in [1.54, 1.807) is 36.7 Å². The van der Waals surface area contributed by atoms with E-state index in [4.69, 9.17) is 14.2 Å². The van der Waals surface area contributed by atoms with Crippen molar-refractivity contribution in [1.82, 2.24) is 9.29 Å². The standard InChI is InChI=1S/C25H31N3O7S/c1-33-21-6-8-22(9-7-21)36(31,32)28(11-13-29)12-14-34-24-16-19(18-4-5-18)15-23(35-24)25(30)27-20-3-2-10-26-17-20/h2-3,6-10,15,17-19,24,29H,4-5,11-14,16H2,1H3,(H,27,30)/t19-,24+/m0/s1. The van der Waals surface area contributed by atoms with Crippen molar-refractivity contribution in [3.63, 3.8) is 0 Å². The molecule has 1 aliphatic heterocycles. The van der Waals surface area contributed by atoms with Gasteiger partial charge in [0.25, 0.3) is 5.91 Å². The second kappa shape index (κ2) is 11.8. The number of rotatable bonds is 12. The lowest BCUT2D eigenvalue weighted by Gasteiger charge is -2.30. The molecule has 1 aromatic carbocycles. The zero-order chi connectivity index (χ0) is 25.5. The largest absolute Gasteiger partial charge is 0.497 e. The van der Waals surface area contributed by atoms with Crippen LogP contribution in [0.3, 0.4) is 0 Å². The zero-order valence-corrected chi connectivity index (χ0v) is 20.9. The number of carbonyl (C=O) groups is 1. The van der Waals surface area contributed by atoms with Crippen LogP contribution in [0.2, 0.25) is 0 Å². The number of anilines is 1. The second-order valence-corrected chi connectivity index (χ2v) is 10.6. The molecule has 1 saturated carbocycles. The number of nitrogens with one attached hydrogen (secondary N) is 1. The number of carbonyl (C=O) groups excluding carboxylic acids is 1. The summed E-state index contributed by atoms with van der Waals surface area (Å²) in [5.74, 6) is 0.982. The molecule has 0 unspecified atom stereocenters. The molecule has 2 aliphatic rings. The molecule has 4 rings (SSSR count). The highest BCUT2D eigenvalue weighted by Gasteiger charge is 2.37. The Morgan fingerprint density at radius 3 is 2.64 bits per heavy atom. The minimum absolute atomic E-state index is 0.0177. The van der Waals surface area contributed by atoms with Gasteiger partial charge < -0.3 is 24.6 Å². The van der Waals surface area contributed by atoms with Crippen LogP contribution in [-0.2, 0) is 24.3 Å². The van der Waals surface area contributed by atoms with Gasteiger partial charge in [-0.05, 0) is 67.2 Å². The Balaban J connectivity index is 1.38. The molecule has 0 radical (unpaired) electrons. The van der Waals surface area contributed by atoms with Crippen molar-refractivity contribution in [2.75, 3.05) is 38.7 Å². The third-order valence-electron chi connectivity index (χ3n) is 6.15. The number of amides is 1. The highest BCUT2D eigenvalue weighted by atomic mass is 32.2. The molecule has 1 aromatic heterocycles. The van der Waals surface area contributed by atoms with Crippen molar-refractivity contribution in [2.45, 2.75) is 30.4 Å². The van der Waals surface area contributed by atoms with E-state index in [0.29, 0.717) is 23.8 Å². The van der Waals surface area contributed by atoms with E-state index >= 15 is 0 Å². The van der Waals surface area contributed by atoms with Crippen LogP contribution in [0.25, 0.3) is 0 Å². The van der Waals surface area contributed by atoms with Gasteiger partial charge in [0.1, 0.15) is 5.75 Å². The average molecular weight is 518 g/mol. The summed E-state index contributed by atoms with van der Waals surface area (Å²) >= 11 is 0. The summed E-state index contributed by atoms with van der Waals surface area (Å²) in [7, 11) is -2.35. The Morgan fingerprint density at radius 1 is 1.22 bits per heavy atom. The Morgan fingerprint density at radius 2 is 2.00 bits per heavy atom. The summed E-state index contributed by atoms with van der Waals surface area (Å²) in [5, 5.41) is 12.2. The van der Waals surface area contributed by atoms with Gasteiger partial charge >= 0.3 is 0 Å². The Hall–Kier alpha value is -2.99. The van der Waals surface area contributed by atoms with Crippen molar-refractivity contribution in [2.24, 2.45) is 11.8 Å². The van der Waals surface area contributed by atoms with Crippen LogP contribution in [0.15, 0.2) is 65.5 Å². The molecule has 1 amide bonds. The van der Waals surface area contributed by atoms with Gasteiger partial charge in [-0.3, -0.25) is 9.78 Å². The maximum atomic E-state index is 13.1. The lowest BCUT2D eigenvalue weighted by Crippen LogP contribution is -2.38. The molecule has 1 fully saturated rings. The fraction of sp³-hybridized carbons (Fsp3) is 0.440. The number of aliphatic hydroxyl groups is 1. The highest BCUT2D eigenvalue weighted by molar-refractivity contribution is 7.89. The number of nitrogens with zero attached hydrogens (tertiary/aromatic N) is 2. The molecule has 36 heavy (non-hydrogen) atoms. The number of methoxy groups -OCH3 is 1. The van der Waals surface area contributed by atoms with Crippen molar-refractivity contribution in [3.05, 3.63) is 60.6 Å². The topological polar surface area (TPSA) is 127 Å². The Kier molecular flexibility index (Phi) is 8.57. The third-order valence-corrected chi connectivity index (χ3v) is 8.06. The summed E-state index contributed by atoms with van der Waals surface area (Å²) in [6.45, 7) is -0.355. The molecular formula is C25H31N3O7S. The average Bonchev–Trinajstić information content (AvgIpc) is 3.74. The predicted molar refractivity (Wildman–Crippen MR) is 131 cm³/mol. The number of aromatic nitrogens is 1. The molecule has 0 saturated heterocycles. The molecule has 1 aliphatic carbocycles. The maximum absolute atomic E-state index is 13.1. The molecule has 194 valence electrons.